The normalized spacial score (nSPS) is 17.9. The van der Waals surface area contributed by atoms with E-state index in [1.54, 1.807) is 13.8 Å². The second-order valence-corrected chi connectivity index (χ2v) is 15.1. The fourth-order valence-corrected chi connectivity index (χ4v) is 6.87. The predicted molar refractivity (Wildman–Crippen MR) is 219 cm³/mol. The Labute approximate surface area is 358 Å². The number of hydrogen-bond acceptors (Lipinski definition) is 17. The lowest BCUT2D eigenvalue weighted by molar-refractivity contribution is -0.186. The molecule has 0 spiro atoms. The van der Waals surface area contributed by atoms with Crippen molar-refractivity contribution < 1.29 is 81.0 Å². The van der Waals surface area contributed by atoms with Gasteiger partial charge in [0.1, 0.15) is 53.5 Å². The molecule has 17 heteroatoms. The summed E-state index contributed by atoms with van der Waals surface area (Å²) in [5, 5.41) is 11.0. The minimum absolute atomic E-state index is 0.0320. The van der Waals surface area contributed by atoms with Crippen LogP contribution in [0, 0.1) is 23.7 Å². The lowest BCUT2D eigenvalue weighted by Gasteiger charge is -2.36. The van der Waals surface area contributed by atoms with Crippen LogP contribution in [0.2, 0.25) is 0 Å². The quantitative estimate of drug-likeness (QED) is 0.0690. The second-order valence-electron chi connectivity index (χ2n) is 15.1. The third-order valence-electron chi connectivity index (χ3n) is 10.1. The van der Waals surface area contributed by atoms with Crippen LogP contribution in [-0.4, -0.2) is 149 Å². The first-order chi connectivity index (χ1) is 28.8. The van der Waals surface area contributed by atoms with Crippen molar-refractivity contribution in [3.63, 3.8) is 0 Å². The van der Waals surface area contributed by atoms with Crippen molar-refractivity contribution in [2.24, 2.45) is 23.7 Å². The highest BCUT2D eigenvalue weighted by Gasteiger charge is 2.40. The predicted octanol–water partition coefficient (Wildman–Crippen LogP) is 5.08. The SMILES string of the molecule is COCO[C@@H]([C@@H](C)[C@H](C[C@H](C[C@@H](C)OCOC)OC(=O)[C@@H](C)[C@@H](OCOC)[C@@H](C)[C@H](C[C@@H](O)C[C@@H](C)OCOC)OCOC)OCOC)[C@H](C)C(=O)OCc1ccccc1. The van der Waals surface area contributed by atoms with E-state index in [0.717, 1.165) is 5.56 Å². The molecule has 0 amide bonds. The number of aliphatic hydroxyl groups is 1. The number of methoxy groups -OCH3 is 6. The second kappa shape index (κ2) is 33.2. The van der Waals surface area contributed by atoms with Gasteiger partial charge >= 0.3 is 11.9 Å². The summed E-state index contributed by atoms with van der Waals surface area (Å²) >= 11 is 0. The van der Waals surface area contributed by atoms with E-state index in [1.165, 1.54) is 42.7 Å². The van der Waals surface area contributed by atoms with Crippen LogP contribution in [0.5, 0.6) is 0 Å². The summed E-state index contributed by atoms with van der Waals surface area (Å²) in [5.74, 6) is -3.50. The number of carbonyl (C=O) groups excluding carboxylic acids is 2. The van der Waals surface area contributed by atoms with E-state index in [-0.39, 0.29) is 72.7 Å². The molecule has 1 aromatic carbocycles. The number of hydrogen-bond donors (Lipinski definition) is 1. The molecular weight excluding hydrogens is 788 g/mol. The summed E-state index contributed by atoms with van der Waals surface area (Å²) in [7, 11) is 9.04. The number of carbonyl (C=O) groups is 2. The van der Waals surface area contributed by atoms with Gasteiger partial charge in [-0.25, -0.2) is 0 Å². The van der Waals surface area contributed by atoms with Crippen molar-refractivity contribution in [3.8, 4) is 0 Å². The Morgan fingerprint density at radius 2 is 0.933 bits per heavy atom. The zero-order valence-electron chi connectivity index (χ0n) is 38.1. The molecule has 17 nitrogen and oxygen atoms in total. The summed E-state index contributed by atoms with van der Waals surface area (Å²) in [6.45, 7) is 10.8. The summed E-state index contributed by atoms with van der Waals surface area (Å²) in [4.78, 5) is 27.7. The average Bonchev–Trinajstić information content (AvgIpc) is 3.24. The first kappa shape index (κ1) is 55.7. The molecule has 60 heavy (non-hydrogen) atoms. The maximum atomic E-state index is 14.3. The molecular formula is C43H76O17. The number of benzene rings is 1. The van der Waals surface area contributed by atoms with Crippen LogP contribution < -0.4 is 0 Å². The third kappa shape index (κ3) is 22.1. The largest absolute Gasteiger partial charge is 0.462 e. The van der Waals surface area contributed by atoms with Crippen LogP contribution in [0.25, 0.3) is 0 Å². The summed E-state index contributed by atoms with van der Waals surface area (Å²) in [6.07, 6.45) is -4.00. The van der Waals surface area contributed by atoms with Crippen molar-refractivity contribution in [1.82, 2.24) is 0 Å². The van der Waals surface area contributed by atoms with Gasteiger partial charge in [0.05, 0.1) is 54.6 Å². The van der Waals surface area contributed by atoms with Gasteiger partial charge in [0.2, 0.25) is 0 Å². The zero-order chi connectivity index (χ0) is 44.9. The molecule has 1 aromatic rings. The summed E-state index contributed by atoms with van der Waals surface area (Å²) in [6, 6.07) is 9.39. The maximum absolute atomic E-state index is 14.3. The topological polar surface area (TPSA) is 184 Å². The van der Waals surface area contributed by atoms with Gasteiger partial charge < -0.3 is 71.4 Å². The third-order valence-corrected chi connectivity index (χ3v) is 10.1. The average molecular weight is 865 g/mol. The Morgan fingerprint density at radius 3 is 1.42 bits per heavy atom. The van der Waals surface area contributed by atoms with Gasteiger partial charge in [-0.2, -0.15) is 0 Å². The highest BCUT2D eigenvalue weighted by atomic mass is 16.7. The highest BCUT2D eigenvalue weighted by molar-refractivity contribution is 5.73. The first-order valence-electron chi connectivity index (χ1n) is 20.5. The molecule has 0 aromatic heterocycles. The fraction of sp³-hybridized carbons (Fsp3) is 0.814. The Bertz CT molecular complexity index is 1210. The molecule has 1 rings (SSSR count). The van der Waals surface area contributed by atoms with E-state index in [4.69, 9.17) is 66.3 Å². The van der Waals surface area contributed by atoms with Crippen molar-refractivity contribution in [1.29, 1.82) is 0 Å². The van der Waals surface area contributed by atoms with Crippen LogP contribution in [-0.2, 0) is 82.5 Å². The van der Waals surface area contributed by atoms with Gasteiger partial charge in [0.25, 0.3) is 0 Å². The Balaban J connectivity index is 3.43. The number of rotatable bonds is 37. The molecule has 0 unspecified atom stereocenters. The van der Waals surface area contributed by atoms with Gasteiger partial charge in [-0.1, -0.05) is 44.2 Å². The molecule has 0 heterocycles. The molecule has 0 fully saturated rings. The highest BCUT2D eigenvalue weighted by Crippen LogP contribution is 2.31. The number of aliphatic hydroxyl groups excluding tert-OH is 1. The molecule has 350 valence electrons. The monoisotopic (exact) mass is 865 g/mol. The van der Waals surface area contributed by atoms with Crippen molar-refractivity contribution in [2.45, 2.75) is 123 Å². The fourth-order valence-electron chi connectivity index (χ4n) is 6.87. The van der Waals surface area contributed by atoms with Crippen LogP contribution in [0.15, 0.2) is 30.3 Å². The van der Waals surface area contributed by atoms with Gasteiger partial charge in [0.15, 0.2) is 0 Å². The van der Waals surface area contributed by atoms with Crippen LogP contribution in [0.3, 0.4) is 0 Å². The standard InChI is InChI=1S/C43H76O17/c1-29(54-23-47-7)18-36(44)20-38(56-25-49-9)31(3)41(59-28-52-12)34(6)43(46)60-37(19-30(2)55-24-48-8)21-39(57-26-50-10)32(4)40(58-27-51-11)33(5)42(45)53-22-35-16-14-13-15-17-35/h13-17,29-34,36-41,44H,18-28H2,1-12H3/t29-,30-,31+,32+,33+,34+,36+,37+,38+,39+,40+,41+/m1/s1. The van der Waals surface area contributed by atoms with E-state index >= 15 is 0 Å². The number of ether oxygens (including phenoxy) is 14. The molecule has 0 aliphatic heterocycles. The first-order valence-corrected chi connectivity index (χ1v) is 20.5. The maximum Gasteiger partial charge on any atom is 0.311 e. The van der Waals surface area contributed by atoms with Crippen molar-refractivity contribution in [2.75, 3.05) is 83.4 Å². The molecule has 1 N–H and O–H groups in total. The lowest BCUT2D eigenvalue weighted by atomic mass is 9.85. The Kier molecular flexibility index (Phi) is 30.8. The minimum Gasteiger partial charge on any atom is -0.462 e. The van der Waals surface area contributed by atoms with Crippen LogP contribution in [0.1, 0.15) is 72.8 Å². The van der Waals surface area contributed by atoms with E-state index in [1.807, 2.05) is 58.0 Å². The zero-order valence-corrected chi connectivity index (χ0v) is 38.1. The molecule has 0 radical (unpaired) electrons. The number of esters is 2. The van der Waals surface area contributed by atoms with E-state index < -0.39 is 78.3 Å². The minimum atomic E-state index is -0.837. The van der Waals surface area contributed by atoms with Gasteiger partial charge in [-0.3, -0.25) is 9.59 Å². The molecule has 0 aliphatic rings. The van der Waals surface area contributed by atoms with Crippen molar-refractivity contribution >= 4 is 11.9 Å². The van der Waals surface area contributed by atoms with E-state index in [2.05, 4.69) is 0 Å². The lowest BCUT2D eigenvalue weighted by Crippen LogP contribution is -2.45. The molecule has 12 atom stereocenters. The van der Waals surface area contributed by atoms with Crippen LogP contribution >= 0.6 is 0 Å². The summed E-state index contributed by atoms with van der Waals surface area (Å²) < 4.78 is 79.2. The Hall–Kier alpha value is -2.36. The van der Waals surface area contributed by atoms with Gasteiger partial charge in [-0.15, -0.1) is 0 Å². The molecule has 0 aliphatic carbocycles. The molecule has 0 saturated heterocycles. The Morgan fingerprint density at radius 1 is 0.517 bits per heavy atom. The van der Waals surface area contributed by atoms with Gasteiger partial charge in [-0.05, 0) is 39.7 Å². The van der Waals surface area contributed by atoms with E-state index in [0.29, 0.717) is 6.42 Å². The van der Waals surface area contributed by atoms with E-state index in [9.17, 15) is 14.7 Å². The van der Waals surface area contributed by atoms with Gasteiger partial charge in [0, 0.05) is 73.8 Å². The summed E-state index contributed by atoms with van der Waals surface area (Å²) in [5.41, 5.74) is 0.851. The molecule has 0 bridgehead atoms. The molecule has 0 saturated carbocycles. The van der Waals surface area contributed by atoms with Crippen LogP contribution in [0.4, 0.5) is 0 Å². The smallest absolute Gasteiger partial charge is 0.311 e. The van der Waals surface area contributed by atoms with Crippen molar-refractivity contribution in [3.05, 3.63) is 35.9 Å².